The van der Waals surface area contributed by atoms with Crippen LogP contribution >= 0.6 is 39.7 Å². The highest BCUT2D eigenvalue weighted by Crippen LogP contribution is 2.37. The van der Waals surface area contributed by atoms with Gasteiger partial charge in [0.2, 0.25) is 0 Å². The number of carbonyl (C=O) groups excluding carboxylic acids is 1. The molecular weight excluding hydrogens is 500 g/mol. The molecule has 0 aliphatic carbocycles. The van der Waals surface area contributed by atoms with E-state index in [1.165, 1.54) is 0 Å². The fourth-order valence-corrected chi connectivity index (χ4v) is 4.48. The van der Waals surface area contributed by atoms with Gasteiger partial charge in [-0.05, 0) is 71.4 Å². The van der Waals surface area contributed by atoms with Gasteiger partial charge in [0, 0.05) is 29.4 Å². The van der Waals surface area contributed by atoms with E-state index >= 15 is 0 Å². The second-order valence-electron chi connectivity index (χ2n) is 7.71. The van der Waals surface area contributed by atoms with E-state index < -0.39 is 0 Å². The topological polar surface area (TPSA) is 50.8 Å². The summed E-state index contributed by atoms with van der Waals surface area (Å²) < 4.78 is 12.0. The van der Waals surface area contributed by atoms with Crippen molar-refractivity contribution in [3.05, 3.63) is 51.0 Å². The molecule has 0 spiro atoms. The lowest BCUT2D eigenvalue weighted by atomic mass is 9.99. The van der Waals surface area contributed by atoms with Crippen molar-refractivity contribution in [2.45, 2.75) is 26.7 Å². The minimum Gasteiger partial charge on any atom is -0.493 e. The molecule has 0 aromatic heterocycles. The first kappa shape index (κ1) is 23.8. The first-order valence-corrected chi connectivity index (χ1v) is 11.7. The number of anilines is 1. The molecule has 0 bridgehead atoms. The third-order valence-electron chi connectivity index (χ3n) is 5.44. The monoisotopic (exact) mass is 524 g/mol. The molecule has 1 aliphatic rings. The fraction of sp³-hybridized carbons (Fsp3) is 0.391. The highest BCUT2D eigenvalue weighted by Gasteiger charge is 2.21. The van der Waals surface area contributed by atoms with Gasteiger partial charge in [0.15, 0.2) is 18.1 Å². The number of nitrogens with zero attached hydrogens (tertiary/aromatic N) is 1. The number of likely N-dealkylation sites (tertiary alicyclic amines) is 1. The Balaban J connectivity index is 1.69. The van der Waals surface area contributed by atoms with Crippen molar-refractivity contribution in [2.24, 2.45) is 5.92 Å². The quantitative estimate of drug-likeness (QED) is 0.480. The molecule has 31 heavy (non-hydrogen) atoms. The molecule has 0 saturated carbocycles. The Hall–Kier alpha value is -1.83. The molecule has 2 aromatic rings. The van der Waals surface area contributed by atoms with Gasteiger partial charge in [-0.3, -0.25) is 4.79 Å². The second-order valence-corrected chi connectivity index (χ2v) is 9.36. The summed E-state index contributed by atoms with van der Waals surface area (Å²) in [5, 5.41) is 3.42. The van der Waals surface area contributed by atoms with E-state index in [0.717, 1.165) is 48.0 Å². The highest BCUT2D eigenvalue weighted by atomic mass is 79.9. The molecule has 1 N–H and O–H groups in total. The standard InChI is InChI=1S/C23H26BrClN2O3S/c1-14-7-9-27(10-8-14)23(31)16-11-17(24)22(20(12-16)29-3)30-13-21(28)26-19-6-4-5-18(25)15(19)2/h4-6,11-12,14H,7-10,13H2,1-3H3,(H,26,28). The number of piperidine rings is 1. The molecule has 166 valence electrons. The number of carbonyl (C=O) groups is 1. The Kier molecular flexibility index (Phi) is 8.19. The van der Waals surface area contributed by atoms with Gasteiger partial charge in [-0.2, -0.15) is 0 Å². The number of methoxy groups -OCH3 is 1. The number of rotatable bonds is 6. The van der Waals surface area contributed by atoms with Gasteiger partial charge in [0.25, 0.3) is 5.91 Å². The molecule has 1 amide bonds. The maximum atomic E-state index is 12.4. The SMILES string of the molecule is COc1cc(C(=S)N2CCC(C)CC2)cc(Br)c1OCC(=O)Nc1cccc(Cl)c1C. The number of hydrogen-bond acceptors (Lipinski definition) is 4. The number of hydrogen-bond donors (Lipinski definition) is 1. The first-order chi connectivity index (χ1) is 14.8. The number of ether oxygens (including phenoxy) is 2. The van der Waals surface area contributed by atoms with Crippen molar-refractivity contribution in [1.82, 2.24) is 4.90 Å². The number of benzene rings is 2. The van der Waals surface area contributed by atoms with E-state index in [9.17, 15) is 4.79 Å². The Morgan fingerprint density at radius 3 is 2.71 bits per heavy atom. The maximum Gasteiger partial charge on any atom is 0.262 e. The van der Waals surface area contributed by atoms with E-state index in [0.29, 0.717) is 26.7 Å². The Morgan fingerprint density at radius 1 is 1.32 bits per heavy atom. The normalized spacial score (nSPS) is 14.3. The van der Waals surface area contributed by atoms with Gasteiger partial charge in [-0.1, -0.05) is 36.8 Å². The minimum atomic E-state index is -0.290. The number of amides is 1. The zero-order valence-corrected chi connectivity index (χ0v) is 21.0. The summed E-state index contributed by atoms with van der Waals surface area (Å²) in [7, 11) is 1.57. The Bertz CT molecular complexity index is 978. The average molecular weight is 526 g/mol. The van der Waals surface area contributed by atoms with Crippen molar-refractivity contribution in [1.29, 1.82) is 0 Å². The molecule has 8 heteroatoms. The summed E-state index contributed by atoms with van der Waals surface area (Å²) in [4.78, 5) is 15.4. The molecule has 2 aromatic carbocycles. The van der Waals surface area contributed by atoms with E-state index in [-0.39, 0.29) is 12.5 Å². The average Bonchev–Trinajstić information content (AvgIpc) is 2.75. The lowest BCUT2D eigenvalue weighted by molar-refractivity contribution is -0.118. The highest BCUT2D eigenvalue weighted by molar-refractivity contribution is 9.10. The molecule has 0 atom stereocenters. The molecule has 3 rings (SSSR count). The van der Waals surface area contributed by atoms with Crippen molar-refractivity contribution >= 4 is 56.3 Å². The largest absolute Gasteiger partial charge is 0.493 e. The fourth-order valence-electron chi connectivity index (χ4n) is 3.44. The summed E-state index contributed by atoms with van der Waals surface area (Å²) in [6, 6.07) is 9.14. The zero-order chi connectivity index (χ0) is 22.5. The Morgan fingerprint density at radius 2 is 2.03 bits per heavy atom. The number of halogens is 2. The maximum absolute atomic E-state index is 12.4. The molecule has 1 aliphatic heterocycles. The molecule has 1 fully saturated rings. The summed E-state index contributed by atoms with van der Waals surface area (Å²) in [5.41, 5.74) is 2.35. The van der Waals surface area contributed by atoms with Gasteiger partial charge in [0.05, 0.1) is 11.6 Å². The first-order valence-electron chi connectivity index (χ1n) is 10.1. The van der Waals surface area contributed by atoms with Gasteiger partial charge >= 0.3 is 0 Å². The van der Waals surface area contributed by atoms with Crippen molar-refractivity contribution < 1.29 is 14.3 Å². The molecule has 5 nitrogen and oxygen atoms in total. The summed E-state index contributed by atoms with van der Waals surface area (Å²) in [5.74, 6) is 1.42. The molecule has 0 unspecified atom stereocenters. The third-order valence-corrected chi connectivity index (χ3v) is 6.93. The second kappa shape index (κ2) is 10.7. The van der Waals surface area contributed by atoms with E-state index in [4.69, 9.17) is 33.3 Å². The minimum absolute atomic E-state index is 0.172. The molecule has 1 saturated heterocycles. The van der Waals surface area contributed by atoms with E-state index in [1.54, 1.807) is 25.3 Å². The molecule has 0 radical (unpaired) electrons. The summed E-state index contributed by atoms with van der Waals surface area (Å²) >= 11 is 15.4. The van der Waals surface area contributed by atoms with E-state index in [1.807, 2.05) is 19.1 Å². The van der Waals surface area contributed by atoms with Gasteiger partial charge < -0.3 is 19.7 Å². The van der Waals surface area contributed by atoms with Crippen LogP contribution in [-0.4, -0.2) is 42.6 Å². The molecule has 1 heterocycles. The van der Waals surface area contributed by atoms with Gasteiger partial charge in [0.1, 0.15) is 4.99 Å². The van der Waals surface area contributed by atoms with Crippen LogP contribution in [0.25, 0.3) is 0 Å². The summed E-state index contributed by atoms with van der Waals surface area (Å²) in [6.45, 7) is 5.87. The number of thiocarbonyl (C=S) groups is 1. The van der Waals surface area contributed by atoms with Crippen molar-refractivity contribution in [2.75, 3.05) is 32.1 Å². The van der Waals surface area contributed by atoms with Crippen molar-refractivity contribution in [3.63, 3.8) is 0 Å². The lowest BCUT2D eigenvalue weighted by Gasteiger charge is -2.32. The van der Waals surface area contributed by atoms with Crippen LogP contribution < -0.4 is 14.8 Å². The van der Waals surface area contributed by atoms with Crippen molar-refractivity contribution in [3.8, 4) is 11.5 Å². The van der Waals surface area contributed by atoms with Crippen LogP contribution in [0, 0.1) is 12.8 Å². The Labute approximate surface area is 202 Å². The van der Waals surface area contributed by atoms with Crippen LogP contribution in [0.4, 0.5) is 5.69 Å². The van der Waals surface area contributed by atoms with Crippen LogP contribution in [0.15, 0.2) is 34.8 Å². The zero-order valence-electron chi connectivity index (χ0n) is 17.8. The number of nitrogens with one attached hydrogen (secondary N) is 1. The van der Waals surface area contributed by atoms with Crippen LogP contribution in [-0.2, 0) is 4.79 Å². The molecular formula is C23H26BrClN2O3S. The van der Waals surface area contributed by atoms with Crippen LogP contribution in [0.1, 0.15) is 30.9 Å². The predicted octanol–water partition coefficient (Wildman–Crippen LogP) is 5.84. The van der Waals surface area contributed by atoms with Crippen LogP contribution in [0.5, 0.6) is 11.5 Å². The smallest absolute Gasteiger partial charge is 0.262 e. The third kappa shape index (κ3) is 5.90. The van der Waals surface area contributed by atoms with Gasteiger partial charge in [-0.15, -0.1) is 0 Å². The van der Waals surface area contributed by atoms with E-state index in [2.05, 4.69) is 33.1 Å². The lowest BCUT2D eigenvalue weighted by Crippen LogP contribution is -2.37. The summed E-state index contributed by atoms with van der Waals surface area (Å²) in [6.07, 6.45) is 2.28. The predicted molar refractivity (Wildman–Crippen MR) is 133 cm³/mol. The van der Waals surface area contributed by atoms with Crippen LogP contribution in [0.2, 0.25) is 5.02 Å². The van der Waals surface area contributed by atoms with Crippen LogP contribution in [0.3, 0.4) is 0 Å². The van der Waals surface area contributed by atoms with Gasteiger partial charge in [-0.25, -0.2) is 0 Å².